The Bertz CT molecular complexity index is 885. The first-order valence-corrected chi connectivity index (χ1v) is 8.72. The van der Waals surface area contributed by atoms with Gasteiger partial charge >= 0.3 is 0 Å². The summed E-state index contributed by atoms with van der Waals surface area (Å²) in [6, 6.07) is 4.90. The van der Waals surface area contributed by atoms with E-state index in [0.29, 0.717) is 43.3 Å². The van der Waals surface area contributed by atoms with Gasteiger partial charge in [-0.1, -0.05) is 11.6 Å². The van der Waals surface area contributed by atoms with Crippen molar-refractivity contribution in [3.63, 3.8) is 0 Å². The van der Waals surface area contributed by atoms with Crippen LogP contribution in [0.15, 0.2) is 52.4 Å². The smallest absolute Gasteiger partial charge is 0.149 e. The fourth-order valence-corrected chi connectivity index (χ4v) is 3.05. The summed E-state index contributed by atoms with van der Waals surface area (Å²) in [5.41, 5.74) is 2.53. The third-order valence-corrected chi connectivity index (χ3v) is 4.56. The highest BCUT2D eigenvalue weighted by Crippen LogP contribution is 2.33. The van der Waals surface area contributed by atoms with Crippen LogP contribution in [0.25, 0.3) is 0 Å². The molecular weight excluding hydrogens is 369 g/mol. The zero-order valence-corrected chi connectivity index (χ0v) is 15.7. The van der Waals surface area contributed by atoms with Crippen molar-refractivity contribution in [2.45, 2.75) is 13.0 Å². The number of hydrogen-bond donors (Lipinski definition) is 0. The number of rotatable bonds is 5. The van der Waals surface area contributed by atoms with Crippen LogP contribution >= 0.6 is 11.6 Å². The number of benzene rings is 1. The highest BCUT2D eigenvalue weighted by molar-refractivity contribution is 6.32. The predicted octanol–water partition coefficient (Wildman–Crippen LogP) is 3.71. The summed E-state index contributed by atoms with van der Waals surface area (Å²) in [6.07, 6.45) is 5.74. The first-order chi connectivity index (χ1) is 13.1. The molecule has 0 bridgehead atoms. The lowest BCUT2D eigenvalue weighted by Gasteiger charge is -2.31. The van der Waals surface area contributed by atoms with Crippen molar-refractivity contribution < 1.29 is 9.13 Å². The molecule has 0 unspecified atom stereocenters. The molecule has 1 fully saturated rings. The molecule has 1 saturated heterocycles. The van der Waals surface area contributed by atoms with Gasteiger partial charge < -0.3 is 9.64 Å². The molecule has 2 aromatic rings. The molecule has 1 aromatic heterocycles. The molecule has 0 amide bonds. The van der Waals surface area contributed by atoms with E-state index < -0.39 is 5.82 Å². The number of anilines is 1. The molecule has 1 aliphatic rings. The van der Waals surface area contributed by atoms with Gasteiger partial charge in [-0.25, -0.2) is 14.4 Å². The maximum absolute atomic E-state index is 14.1. The van der Waals surface area contributed by atoms with E-state index in [4.69, 9.17) is 16.3 Å². The van der Waals surface area contributed by atoms with E-state index in [1.54, 1.807) is 30.7 Å². The molecule has 6 nitrogen and oxygen atoms in total. The van der Waals surface area contributed by atoms with E-state index in [1.165, 1.54) is 13.2 Å². The average Bonchev–Trinajstić information content (AvgIpc) is 2.70. The standard InChI is InChI=1S/C19H19ClFN5O/c1-22-10-13-12-26(14-8-15(21)19(20)17(9-14)27-2)7-4-16(13)25-11-18-23-5-3-6-24-18/h3,5-6,8-10H,1,4,7,11-12H2,2H3/b13-10-,25-16?. The van der Waals surface area contributed by atoms with E-state index in [0.717, 1.165) is 11.3 Å². The molecule has 8 heteroatoms. The van der Waals surface area contributed by atoms with Gasteiger partial charge in [0.15, 0.2) is 0 Å². The minimum absolute atomic E-state index is 0.0214. The van der Waals surface area contributed by atoms with Gasteiger partial charge in [0.1, 0.15) is 22.4 Å². The van der Waals surface area contributed by atoms with Crippen LogP contribution in [0.2, 0.25) is 5.02 Å². The molecule has 1 aliphatic heterocycles. The zero-order valence-electron chi connectivity index (χ0n) is 14.9. The van der Waals surface area contributed by atoms with Gasteiger partial charge in [-0.05, 0) is 18.9 Å². The number of hydrogen-bond acceptors (Lipinski definition) is 6. The van der Waals surface area contributed by atoms with Gasteiger partial charge in [0.05, 0.1) is 13.7 Å². The molecule has 140 valence electrons. The van der Waals surface area contributed by atoms with E-state index in [9.17, 15) is 4.39 Å². The highest BCUT2D eigenvalue weighted by atomic mass is 35.5. The quantitative estimate of drug-likeness (QED) is 0.733. The Balaban J connectivity index is 1.81. The summed E-state index contributed by atoms with van der Waals surface area (Å²) in [5.74, 6) is 0.446. The SMILES string of the molecule is C=N/C=C1/CN(c2cc(F)c(Cl)c(OC)c2)CCC1=NCc1ncccn1. The molecule has 0 radical (unpaired) electrons. The van der Waals surface area contributed by atoms with Crippen LogP contribution in [-0.4, -0.2) is 42.6 Å². The Morgan fingerprint density at radius 1 is 1.37 bits per heavy atom. The van der Waals surface area contributed by atoms with Gasteiger partial charge in [-0.15, -0.1) is 0 Å². The number of methoxy groups -OCH3 is 1. The van der Waals surface area contributed by atoms with E-state index in [2.05, 4.69) is 26.7 Å². The minimum atomic E-state index is -0.515. The van der Waals surface area contributed by atoms with E-state index in [-0.39, 0.29) is 5.02 Å². The van der Waals surface area contributed by atoms with Crippen molar-refractivity contribution in [1.29, 1.82) is 0 Å². The molecular formula is C19H19ClFN5O. The Labute approximate surface area is 162 Å². The largest absolute Gasteiger partial charge is 0.495 e. The Morgan fingerprint density at radius 3 is 2.85 bits per heavy atom. The Morgan fingerprint density at radius 2 is 2.15 bits per heavy atom. The minimum Gasteiger partial charge on any atom is -0.495 e. The second kappa shape index (κ2) is 8.73. The first kappa shape index (κ1) is 19.0. The molecule has 2 heterocycles. The number of nitrogens with zero attached hydrogens (tertiary/aromatic N) is 5. The van der Waals surface area contributed by atoms with Crippen LogP contribution in [0.3, 0.4) is 0 Å². The predicted molar refractivity (Wildman–Crippen MR) is 106 cm³/mol. The van der Waals surface area contributed by atoms with Crippen molar-refractivity contribution in [3.8, 4) is 5.75 Å². The van der Waals surface area contributed by atoms with Crippen molar-refractivity contribution in [3.05, 3.63) is 59.0 Å². The summed E-state index contributed by atoms with van der Waals surface area (Å²) in [6.45, 7) is 5.13. The maximum Gasteiger partial charge on any atom is 0.149 e. The van der Waals surface area contributed by atoms with Gasteiger partial charge in [0, 0.05) is 61.1 Å². The van der Waals surface area contributed by atoms with Crippen molar-refractivity contribution in [2.75, 3.05) is 25.1 Å². The molecule has 1 aromatic carbocycles. The summed E-state index contributed by atoms with van der Waals surface area (Å²) < 4.78 is 19.3. The maximum atomic E-state index is 14.1. The second-order valence-corrected chi connectivity index (χ2v) is 6.26. The monoisotopic (exact) mass is 387 g/mol. The van der Waals surface area contributed by atoms with Gasteiger partial charge in [0.25, 0.3) is 0 Å². The third-order valence-electron chi connectivity index (χ3n) is 4.19. The lowest BCUT2D eigenvalue weighted by molar-refractivity contribution is 0.411. The van der Waals surface area contributed by atoms with Crippen molar-refractivity contribution in [2.24, 2.45) is 9.98 Å². The summed E-state index contributed by atoms with van der Waals surface area (Å²) in [4.78, 5) is 18.9. The highest BCUT2D eigenvalue weighted by Gasteiger charge is 2.22. The number of aromatic nitrogens is 2. The number of aliphatic imine (C=N–C) groups is 2. The molecule has 0 spiro atoms. The number of piperidine rings is 1. The van der Waals surface area contributed by atoms with Gasteiger partial charge in [0.2, 0.25) is 0 Å². The average molecular weight is 388 g/mol. The Hall–Kier alpha value is -2.80. The Kier molecular flexibility index (Phi) is 6.13. The number of halogens is 2. The van der Waals surface area contributed by atoms with Crippen LogP contribution in [0.1, 0.15) is 12.2 Å². The second-order valence-electron chi connectivity index (χ2n) is 5.88. The van der Waals surface area contributed by atoms with Crippen LogP contribution < -0.4 is 9.64 Å². The molecule has 0 saturated carbocycles. The molecule has 0 aliphatic carbocycles. The van der Waals surface area contributed by atoms with Crippen LogP contribution in [0.5, 0.6) is 5.75 Å². The lowest BCUT2D eigenvalue weighted by atomic mass is 10.0. The van der Waals surface area contributed by atoms with Crippen LogP contribution in [0, 0.1) is 5.82 Å². The van der Waals surface area contributed by atoms with Crippen molar-refractivity contribution in [1.82, 2.24) is 9.97 Å². The third kappa shape index (κ3) is 4.49. The fraction of sp³-hybridized carbons (Fsp3) is 0.263. The van der Waals surface area contributed by atoms with Crippen molar-refractivity contribution >= 4 is 29.7 Å². The zero-order chi connectivity index (χ0) is 19.2. The lowest BCUT2D eigenvalue weighted by Crippen LogP contribution is -2.36. The van der Waals surface area contributed by atoms with Gasteiger partial charge in [-0.3, -0.25) is 9.98 Å². The normalized spacial score (nSPS) is 17.4. The topological polar surface area (TPSA) is 63.0 Å². The molecule has 3 rings (SSSR count). The fourth-order valence-electron chi connectivity index (χ4n) is 2.86. The number of ether oxygens (including phenoxy) is 1. The van der Waals surface area contributed by atoms with Crippen LogP contribution in [0.4, 0.5) is 10.1 Å². The molecule has 27 heavy (non-hydrogen) atoms. The first-order valence-electron chi connectivity index (χ1n) is 8.34. The van der Waals surface area contributed by atoms with Crippen LogP contribution in [-0.2, 0) is 6.54 Å². The molecule has 0 atom stereocenters. The van der Waals surface area contributed by atoms with Gasteiger partial charge in [-0.2, -0.15) is 0 Å². The summed E-state index contributed by atoms with van der Waals surface area (Å²) in [5, 5.41) is -0.0214. The van der Waals surface area contributed by atoms with E-state index >= 15 is 0 Å². The summed E-state index contributed by atoms with van der Waals surface area (Å²) >= 11 is 5.92. The summed E-state index contributed by atoms with van der Waals surface area (Å²) in [7, 11) is 1.46. The van der Waals surface area contributed by atoms with E-state index in [1.807, 2.05) is 4.90 Å². The molecule has 0 N–H and O–H groups in total.